The maximum Gasteiger partial charge on any atom is 0.244 e. The molecule has 82 valence electrons. The Bertz CT molecular complexity index is 344. The van der Waals surface area contributed by atoms with Gasteiger partial charge in [-0.1, -0.05) is 34.1 Å². The summed E-state index contributed by atoms with van der Waals surface area (Å²) in [6.07, 6.45) is 0.701. The van der Waals surface area contributed by atoms with Crippen LogP contribution in [0.5, 0.6) is 0 Å². The normalized spacial score (nSPS) is 12.2. The first-order valence-corrected chi connectivity index (χ1v) is 5.34. The number of amides is 1. The minimum atomic E-state index is -0.463. The topological polar surface area (TPSA) is 75.4 Å². The molecule has 0 radical (unpaired) electrons. The molecule has 0 heterocycles. The summed E-state index contributed by atoms with van der Waals surface area (Å²) in [5, 5.41) is 8.34. The second-order valence-corrected chi connectivity index (χ2v) is 4.15. The number of rotatable bonds is 4. The van der Waals surface area contributed by atoms with Gasteiger partial charge in [0, 0.05) is 16.9 Å². The molecule has 4 nitrogen and oxygen atoms in total. The van der Waals surface area contributed by atoms with Crippen LogP contribution in [-0.4, -0.2) is 17.2 Å². The van der Waals surface area contributed by atoms with Gasteiger partial charge in [-0.3, -0.25) is 10.0 Å². The molecule has 1 aromatic carbocycles. The molecule has 0 aliphatic carbocycles. The van der Waals surface area contributed by atoms with Crippen molar-refractivity contribution < 1.29 is 10.0 Å². The van der Waals surface area contributed by atoms with Gasteiger partial charge in [0.1, 0.15) is 0 Å². The zero-order chi connectivity index (χ0) is 11.3. The number of nitrogens with one attached hydrogen (secondary N) is 1. The van der Waals surface area contributed by atoms with Crippen LogP contribution in [-0.2, 0) is 11.2 Å². The van der Waals surface area contributed by atoms with Gasteiger partial charge in [-0.2, -0.15) is 0 Å². The second-order valence-electron chi connectivity index (χ2n) is 3.29. The predicted octanol–water partition coefficient (Wildman–Crippen LogP) is 1.21. The number of benzene rings is 1. The number of halogens is 1. The highest BCUT2D eigenvalue weighted by Crippen LogP contribution is 2.17. The molecular formula is C10H13BrN2O2. The lowest BCUT2D eigenvalue weighted by Crippen LogP contribution is -2.31. The van der Waals surface area contributed by atoms with Gasteiger partial charge in [-0.15, -0.1) is 0 Å². The largest absolute Gasteiger partial charge is 0.327 e. The quantitative estimate of drug-likeness (QED) is 0.570. The van der Waals surface area contributed by atoms with E-state index in [1.807, 2.05) is 24.3 Å². The summed E-state index contributed by atoms with van der Waals surface area (Å²) >= 11 is 3.40. The van der Waals surface area contributed by atoms with Crippen LogP contribution in [0.3, 0.4) is 0 Å². The van der Waals surface area contributed by atoms with Crippen molar-refractivity contribution in [1.82, 2.24) is 5.48 Å². The molecule has 1 amide bonds. The van der Waals surface area contributed by atoms with Crippen LogP contribution in [0.1, 0.15) is 12.0 Å². The van der Waals surface area contributed by atoms with Crippen LogP contribution in [0.15, 0.2) is 28.7 Å². The lowest BCUT2D eigenvalue weighted by molar-refractivity contribution is -0.129. The third-order valence-electron chi connectivity index (χ3n) is 2.01. The summed E-state index contributed by atoms with van der Waals surface area (Å²) < 4.78 is 0.977. The monoisotopic (exact) mass is 272 g/mol. The average molecular weight is 273 g/mol. The Morgan fingerprint density at radius 2 is 2.20 bits per heavy atom. The van der Waals surface area contributed by atoms with Crippen molar-refractivity contribution in [3.63, 3.8) is 0 Å². The average Bonchev–Trinajstić information content (AvgIpc) is 2.21. The maximum absolute atomic E-state index is 10.8. The van der Waals surface area contributed by atoms with E-state index in [0.29, 0.717) is 6.42 Å². The predicted molar refractivity (Wildman–Crippen MR) is 60.4 cm³/mol. The molecule has 0 aliphatic heterocycles. The summed E-state index contributed by atoms with van der Waals surface area (Å²) in [7, 11) is 0. The summed E-state index contributed by atoms with van der Waals surface area (Å²) in [6, 6.07) is 7.41. The van der Waals surface area contributed by atoms with Crippen LogP contribution in [0.25, 0.3) is 0 Å². The molecule has 0 unspecified atom stereocenters. The lowest BCUT2D eigenvalue weighted by atomic mass is 10.0. The van der Waals surface area contributed by atoms with Crippen molar-refractivity contribution in [3.05, 3.63) is 34.3 Å². The molecule has 1 rings (SSSR count). The Hall–Kier alpha value is -0.910. The van der Waals surface area contributed by atoms with E-state index in [1.165, 1.54) is 0 Å². The van der Waals surface area contributed by atoms with Crippen molar-refractivity contribution in [2.24, 2.45) is 5.73 Å². The second kappa shape index (κ2) is 5.85. The smallest absolute Gasteiger partial charge is 0.244 e. The molecule has 0 saturated heterocycles. The Balaban J connectivity index is 2.55. The molecule has 0 spiro atoms. The van der Waals surface area contributed by atoms with Crippen molar-refractivity contribution in [2.45, 2.75) is 18.9 Å². The zero-order valence-corrected chi connectivity index (χ0v) is 9.70. The molecule has 5 heteroatoms. The molecule has 4 N–H and O–H groups in total. The highest BCUT2D eigenvalue weighted by atomic mass is 79.9. The van der Waals surface area contributed by atoms with Crippen molar-refractivity contribution >= 4 is 21.8 Å². The molecule has 1 aromatic rings. The molecule has 0 aromatic heterocycles. The standard InChI is InChI=1S/C10H13BrN2O2/c11-9-4-2-1-3-7(9)5-8(12)6-10(14)13-15/h1-4,8,15H,5-6,12H2,(H,13,14)/t8-/m1/s1. The van der Waals surface area contributed by atoms with Crippen LogP contribution in [0, 0.1) is 0 Å². The number of carbonyl (C=O) groups is 1. The summed E-state index contributed by atoms with van der Waals surface area (Å²) in [4.78, 5) is 10.8. The van der Waals surface area contributed by atoms with E-state index in [-0.39, 0.29) is 12.5 Å². The van der Waals surface area contributed by atoms with E-state index in [0.717, 1.165) is 10.0 Å². The van der Waals surface area contributed by atoms with E-state index < -0.39 is 5.91 Å². The Morgan fingerprint density at radius 1 is 1.53 bits per heavy atom. The Kier molecular flexibility index (Phi) is 4.74. The van der Waals surface area contributed by atoms with Crippen LogP contribution < -0.4 is 11.2 Å². The molecular weight excluding hydrogens is 260 g/mol. The van der Waals surface area contributed by atoms with Crippen molar-refractivity contribution in [2.75, 3.05) is 0 Å². The van der Waals surface area contributed by atoms with Crippen LogP contribution in [0.2, 0.25) is 0 Å². The number of nitrogens with two attached hydrogens (primary N) is 1. The highest BCUT2D eigenvalue weighted by Gasteiger charge is 2.10. The molecule has 0 bridgehead atoms. The molecule has 0 saturated carbocycles. The third-order valence-corrected chi connectivity index (χ3v) is 2.79. The summed E-state index contributed by atoms with van der Waals surface area (Å²) in [5.74, 6) is -0.463. The van der Waals surface area contributed by atoms with E-state index in [4.69, 9.17) is 10.9 Å². The van der Waals surface area contributed by atoms with Crippen molar-refractivity contribution in [3.8, 4) is 0 Å². The number of hydroxylamine groups is 1. The summed E-state index contributed by atoms with van der Waals surface area (Å²) in [5.41, 5.74) is 8.38. The first-order valence-electron chi connectivity index (χ1n) is 4.55. The van der Waals surface area contributed by atoms with Gasteiger partial charge in [0.25, 0.3) is 0 Å². The van der Waals surface area contributed by atoms with E-state index in [9.17, 15) is 4.79 Å². The minimum absolute atomic E-state index is 0.109. The van der Waals surface area contributed by atoms with Gasteiger partial charge in [-0.25, -0.2) is 5.48 Å². The van der Waals surface area contributed by atoms with Crippen molar-refractivity contribution in [1.29, 1.82) is 0 Å². The Morgan fingerprint density at radius 3 is 2.80 bits per heavy atom. The fourth-order valence-electron chi connectivity index (χ4n) is 1.30. The number of hydrogen-bond acceptors (Lipinski definition) is 3. The van der Waals surface area contributed by atoms with E-state index in [1.54, 1.807) is 5.48 Å². The van der Waals surface area contributed by atoms with E-state index in [2.05, 4.69) is 15.9 Å². The van der Waals surface area contributed by atoms with E-state index >= 15 is 0 Å². The van der Waals surface area contributed by atoms with Gasteiger partial charge in [0.2, 0.25) is 5.91 Å². The lowest BCUT2D eigenvalue weighted by Gasteiger charge is -2.11. The van der Waals surface area contributed by atoms with Gasteiger partial charge >= 0.3 is 0 Å². The van der Waals surface area contributed by atoms with Gasteiger partial charge in [0.05, 0.1) is 0 Å². The number of carbonyl (C=O) groups excluding carboxylic acids is 1. The molecule has 1 atom stereocenters. The maximum atomic E-state index is 10.8. The first-order chi connectivity index (χ1) is 7.13. The zero-order valence-electron chi connectivity index (χ0n) is 8.11. The first kappa shape index (κ1) is 12.2. The van der Waals surface area contributed by atoms with Crippen LogP contribution >= 0.6 is 15.9 Å². The SMILES string of the molecule is N[C@@H](CC(=O)NO)Cc1ccccc1Br. The summed E-state index contributed by atoms with van der Waals surface area (Å²) in [6.45, 7) is 0. The molecule has 0 fully saturated rings. The number of hydrogen-bond donors (Lipinski definition) is 3. The minimum Gasteiger partial charge on any atom is -0.327 e. The van der Waals surface area contributed by atoms with Crippen LogP contribution in [0.4, 0.5) is 0 Å². The highest BCUT2D eigenvalue weighted by molar-refractivity contribution is 9.10. The van der Waals surface area contributed by atoms with Gasteiger partial charge < -0.3 is 5.73 Å². The fraction of sp³-hybridized carbons (Fsp3) is 0.300. The Labute approximate surface area is 96.6 Å². The van der Waals surface area contributed by atoms with Gasteiger partial charge in [-0.05, 0) is 18.1 Å². The molecule has 0 aliphatic rings. The van der Waals surface area contributed by atoms with Gasteiger partial charge in [0.15, 0.2) is 0 Å². The third kappa shape index (κ3) is 3.99. The fourth-order valence-corrected chi connectivity index (χ4v) is 1.75. The molecule has 15 heavy (non-hydrogen) atoms.